The van der Waals surface area contributed by atoms with Crippen LogP contribution in [0.25, 0.3) is 0 Å². The van der Waals surface area contributed by atoms with Gasteiger partial charge in [0.1, 0.15) is 0 Å². The first-order valence-electron chi connectivity index (χ1n) is 3.70. The van der Waals surface area contributed by atoms with E-state index >= 15 is 0 Å². The Hall–Kier alpha value is -0.570. The Bertz CT molecular complexity index is 78.8. The molecule has 0 aliphatic rings. The predicted octanol–water partition coefficient (Wildman–Crippen LogP) is 1.34. The summed E-state index contributed by atoms with van der Waals surface area (Å²) in [6.45, 7) is 7.36. The van der Waals surface area contributed by atoms with Crippen LogP contribution in [0.3, 0.4) is 0 Å². The fraction of sp³-hybridized carbons (Fsp3) is 0.857. The molecule has 0 aromatic rings. The number of carboxylic acid groups (broad SMARTS) is 1. The molecule has 0 amide bonds. The van der Waals surface area contributed by atoms with Crippen molar-refractivity contribution in [3.63, 3.8) is 0 Å². The van der Waals surface area contributed by atoms with E-state index in [0.29, 0.717) is 6.54 Å². The molecule has 0 aromatic heterocycles. The smallest absolute Gasteiger partial charge is 0.304 e. The average molecular weight is 149 g/mol. The molecule has 0 saturated carbocycles. The highest BCUT2D eigenvalue weighted by Crippen LogP contribution is 1.72. The third kappa shape index (κ3) is 15.7. The molecule has 0 bridgehead atoms. The molecule has 3 nitrogen and oxygen atoms in total. The van der Waals surface area contributed by atoms with Gasteiger partial charge >= 0.3 is 5.97 Å². The van der Waals surface area contributed by atoms with Crippen LogP contribution < -0.4 is 5.32 Å². The van der Waals surface area contributed by atoms with E-state index in [1.807, 2.05) is 20.8 Å². The van der Waals surface area contributed by atoms with Gasteiger partial charge in [-0.05, 0) is 6.54 Å². The molecule has 0 fully saturated rings. The molecule has 0 aliphatic heterocycles. The van der Waals surface area contributed by atoms with Gasteiger partial charge in [0, 0.05) is 7.97 Å². The van der Waals surface area contributed by atoms with Gasteiger partial charge in [-0.15, -0.1) is 0 Å². The number of carbonyl (C=O) groups is 1. The molecule has 3 heteroatoms. The number of nitrogens with one attached hydrogen (secondary N) is 1. The number of hydrogen-bond acceptors (Lipinski definition) is 2. The number of carboxylic acids is 1. The lowest BCUT2D eigenvalue weighted by Crippen LogP contribution is -2.16. The van der Waals surface area contributed by atoms with Crippen molar-refractivity contribution in [3.05, 3.63) is 0 Å². The van der Waals surface area contributed by atoms with Gasteiger partial charge in [0.2, 0.25) is 0 Å². The Morgan fingerprint density at radius 3 is 2.40 bits per heavy atom. The van der Waals surface area contributed by atoms with Crippen molar-refractivity contribution in [1.29, 1.82) is 0 Å². The van der Waals surface area contributed by atoms with E-state index in [1.54, 1.807) is 0 Å². The summed E-state index contributed by atoms with van der Waals surface area (Å²) in [5, 5.41) is 11.0. The van der Waals surface area contributed by atoms with Gasteiger partial charge in [-0.2, -0.15) is 0 Å². The van der Waals surface area contributed by atoms with E-state index in [2.05, 4.69) is 5.32 Å². The Labute approximate surface area is 63.9 Å². The van der Waals surface area contributed by atoms with Gasteiger partial charge in [0.05, 0.1) is 6.42 Å². The minimum Gasteiger partial charge on any atom is -0.481 e. The zero-order chi connectivity index (χ0) is 8.41. The Morgan fingerprint density at radius 1 is 1.60 bits per heavy atom. The second-order valence-electron chi connectivity index (χ2n) is 1.50. The Kier molecular flexibility index (Phi) is 13.7. The summed E-state index contributed by atoms with van der Waals surface area (Å²) in [7, 11) is 0. The van der Waals surface area contributed by atoms with Gasteiger partial charge in [-0.1, -0.05) is 20.8 Å². The fourth-order valence-electron chi connectivity index (χ4n) is 0.372. The summed E-state index contributed by atoms with van der Waals surface area (Å²) in [5.41, 5.74) is 0. The van der Waals surface area contributed by atoms with Crippen LogP contribution >= 0.6 is 0 Å². The molecule has 0 heterocycles. The first-order valence-corrected chi connectivity index (χ1v) is 3.70. The summed E-state index contributed by atoms with van der Waals surface area (Å²) in [6.07, 6.45) is 0.216. The highest BCUT2D eigenvalue weighted by atomic mass is 16.4. The summed E-state index contributed by atoms with van der Waals surface area (Å²) < 4.78 is 0. The molecule has 0 radical (unpaired) electrons. The van der Waals surface area contributed by atoms with Crippen LogP contribution in [0.4, 0.5) is 0 Å². The Morgan fingerprint density at radius 2 is 2.10 bits per heavy atom. The molecule has 10 heavy (non-hydrogen) atoms. The number of aliphatic carboxylic acids is 1. The maximum Gasteiger partial charge on any atom is 0.304 e. The van der Waals surface area contributed by atoms with Crippen molar-refractivity contribution in [2.45, 2.75) is 27.2 Å². The van der Waals surface area contributed by atoms with Crippen LogP contribution in [0.2, 0.25) is 0 Å². The summed E-state index contributed by atoms with van der Waals surface area (Å²) in [5.74, 6) is -0.744. The lowest BCUT2D eigenvalue weighted by atomic mass is 10.4. The molecule has 0 rings (SSSR count). The molecule has 0 spiro atoms. The standard InChI is InChI=1S/C5H11NO2.C2H6.H2/c1-2-6-4-3-5(7)8;1-2;/h6H,2-4H2,1H3,(H,7,8);1-2H3;1H. The van der Waals surface area contributed by atoms with Crippen LogP contribution in [0, 0.1) is 0 Å². The average Bonchev–Trinajstić information content (AvgIpc) is 1.92. The van der Waals surface area contributed by atoms with Crippen molar-refractivity contribution < 1.29 is 11.3 Å². The third-order valence-corrected chi connectivity index (χ3v) is 0.766. The highest BCUT2D eigenvalue weighted by molar-refractivity contribution is 5.66. The monoisotopic (exact) mass is 149 g/mol. The Balaban J connectivity index is -0.000000196. The SMILES string of the molecule is CC.CCNCCC(=O)O.[HH]. The van der Waals surface area contributed by atoms with Gasteiger partial charge in [-0.25, -0.2) is 0 Å². The number of hydrogen-bond donors (Lipinski definition) is 2. The lowest BCUT2D eigenvalue weighted by molar-refractivity contribution is -0.136. The zero-order valence-corrected chi connectivity index (χ0v) is 6.98. The summed E-state index contributed by atoms with van der Waals surface area (Å²) >= 11 is 0. The quantitative estimate of drug-likeness (QED) is 0.593. The van der Waals surface area contributed by atoms with E-state index in [4.69, 9.17) is 5.11 Å². The minimum atomic E-state index is -0.744. The van der Waals surface area contributed by atoms with Crippen molar-refractivity contribution in [2.75, 3.05) is 13.1 Å². The van der Waals surface area contributed by atoms with E-state index in [-0.39, 0.29) is 7.85 Å². The zero-order valence-electron chi connectivity index (χ0n) is 6.98. The van der Waals surface area contributed by atoms with Crippen molar-refractivity contribution >= 4 is 5.97 Å². The first kappa shape index (κ1) is 12.1. The fourth-order valence-corrected chi connectivity index (χ4v) is 0.372. The van der Waals surface area contributed by atoms with Crippen molar-refractivity contribution in [3.8, 4) is 0 Å². The summed E-state index contributed by atoms with van der Waals surface area (Å²) in [4.78, 5) is 9.83. The molecular weight excluding hydrogens is 130 g/mol. The maximum absolute atomic E-state index is 9.83. The van der Waals surface area contributed by atoms with E-state index in [1.165, 1.54) is 0 Å². The van der Waals surface area contributed by atoms with Crippen LogP contribution in [-0.2, 0) is 4.79 Å². The van der Waals surface area contributed by atoms with Gasteiger partial charge < -0.3 is 10.4 Å². The van der Waals surface area contributed by atoms with Crippen LogP contribution in [0.15, 0.2) is 0 Å². The van der Waals surface area contributed by atoms with Gasteiger partial charge in [-0.3, -0.25) is 4.79 Å². The first-order chi connectivity index (χ1) is 4.77. The van der Waals surface area contributed by atoms with Crippen LogP contribution in [-0.4, -0.2) is 24.2 Å². The molecule has 0 aliphatic carbocycles. The molecule has 0 unspecified atom stereocenters. The van der Waals surface area contributed by atoms with Crippen molar-refractivity contribution in [2.24, 2.45) is 0 Å². The molecule has 0 saturated heterocycles. The van der Waals surface area contributed by atoms with Crippen LogP contribution in [0.5, 0.6) is 0 Å². The second-order valence-corrected chi connectivity index (χ2v) is 1.50. The van der Waals surface area contributed by atoms with Gasteiger partial charge in [0.25, 0.3) is 0 Å². The largest absolute Gasteiger partial charge is 0.481 e. The number of rotatable bonds is 4. The van der Waals surface area contributed by atoms with E-state index in [0.717, 1.165) is 6.54 Å². The minimum absolute atomic E-state index is 0. The molecule has 0 atom stereocenters. The van der Waals surface area contributed by atoms with Crippen LogP contribution in [0.1, 0.15) is 28.6 Å². The lowest BCUT2D eigenvalue weighted by Gasteiger charge is -1.93. The van der Waals surface area contributed by atoms with E-state index in [9.17, 15) is 4.79 Å². The second kappa shape index (κ2) is 11.3. The summed E-state index contributed by atoms with van der Waals surface area (Å²) in [6, 6.07) is 0. The third-order valence-electron chi connectivity index (χ3n) is 0.766. The molecular formula is C7H19NO2. The topological polar surface area (TPSA) is 49.3 Å². The predicted molar refractivity (Wildman–Crippen MR) is 44.3 cm³/mol. The highest BCUT2D eigenvalue weighted by Gasteiger charge is 1.91. The molecule has 0 aromatic carbocycles. The van der Waals surface area contributed by atoms with E-state index < -0.39 is 5.97 Å². The molecule has 2 N–H and O–H groups in total. The van der Waals surface area contributed by atoms with Crippen molar-refractivity contribution in [1.82, 2.24) is 5.32 Å². The van der Waals surface area contributed by atoms with Gasteiger partial charge in [0.15, 0.2) is 0 Å². The normalized spacial score (nSPS) is 7.90. The maximum atomic E-state index is 9.83. The molecule has 64 valence electrons.